The highest BCUT2D eigenvalue weighted by Crippen LogP contribution is 2.33. The standard InChI is InChI=1S/C20H28N2O3/c23-20(22-9-4-5-11-25-22)18-12-17-14-21(10-8-19(17)24-15-18)13-16-6-2-1-3-7-16/h1-3,6-7,17-19H,4-5,8-15H2/t17-,18-,19+/m0/s1. The van der Waals surface area contributed by atoms with Crippen LogP contribution in [0.5, 0.6) is 0 Å². The van der Waals surface area contributed by atoms with Gasteiger partial charge in [-0.25, -0.2) is 5.06 Å². The lowest BCUT2D eigenvalue weighted by Gasteiger charge is -2.43. The largest absolute Gasteiger partial charge is 0.377 e. The predicted molar refractivity (Wildman–Crippen MR) is 94.6 cm³/mol. The maximum absolute atomic E-state index is 12.7. The fraction of sp³-hybridized carbons (Fsp3) is 0.650. The lowest BCUT2D eigenvalue weighted by Crippen LogP contribution is -2.51. The smallest absolute Gasteiger partial charge is 0.251 e. The summed E-state index contributed by atoms with van der Waals surface area (Å²) >= 11 is 0. The number of fused-ring (bicyclic) bond motifs is 1. The number of hydrogen-bond acceptors (Lipinski definition) is 4. The Labute approximate surface area is 149 Å². The molecule has 1 aromatic carbocycles. The van der Waals surface area contributed by atoms with E-state index in [9.17, 15) is 4.79 Å². The number of hydrogen-bond donors (Lipinski definition) is 0. The minimum atomic E-state index is -0.0453. The maximum Gasteiger partial charge on any atom is 0.251 e. The molecule has 4 rings (SSSR count). The fourth-order valence-corrected chi connectivity index (χ4v) is 4.34. The highest BCUT2D eigenvalue weighted by Gasteiger charge is 2.39. The summed E-state index contributed by atoms with van der Waals surface area (Å²) in [6.45, 7) is 5.02. The molecule has 3 aliphatic rings. The van der Waals surface area contributed by atoms with Crippen molar-refractivity contribution in [1.29, 1.82) is 0 Å². The van der Waals surface area contributed by atoms with Gasteiger partial charge in [0, 0.05) is 26.2 Å². The molecule has 0 radical (unpaired) electrons. The van der Waals surface area contributed by atoms with Gasteiger partial charge in [0.25, 0.3) is 5.91 Å². The third-order valence-electron chi connectivity index (χ3n) is 5.69. The van der Waals surface area contributed by atoms with Crippen LogP contribution in [0, 0.1) is 11.8 Å². The summed E-state index contributed by atoms with van der Waals surface area (Å²) in [4.78, 5) is 20.8. The van der Waals surface area contributed by atoms with Gasteiger partial charge in [-0.15, -0.1) is 0 Å². The maximum atomic E-state index is 12.7. The van der Waals surface area contributed by atoms with Crippen molar-refractivity contribution in [3.63, 3.8) is 0 Å². The summed E-state index contributed by atoms with van der Waals surface area (Å²) in [6.07, 6.45) is 4.39. The van der Waals surface area contributed by atoms with E-state index in [2.05, 4.69) is 35.2 Å². The SMILES string of the molecule is O=C([C@@H]1CO[C@@H]2CCN(Cc3ccccc3)C[C@@H]2C1)N1CCCCO1. The Kier molecular flexibility index (Phi) is 5.34. The van der Waals surface area contributed by atoms with E-state index in [1.165, 1.54) is 5.56 Å². The van der Waals surface area contributed by atoms with Crippen molar-refractivity contribution in [3.05, 3.63) is 35.9 Å². The lowest BCUT2D eigenvalue weighted by atomic mass is 9.83. The Morgan fingerprint density at radius 3 is 2.84 bits per heavy atom. The van der Waals surface area contributed by atoms with Crippen molar-refractivity contribution >= 4 is 5.91 Å². The third-order valence-corrected chi connectivity index (χ3v) is 5.69. The van der Waals surface area contributed by atoms with Crippen molar-refractivity contribution in [2.45, 2.75) is 38.3 Å². The van der Waals surface area contributed by atoms with E-state index in [0.29, 0.717) is 25.2 Å². The number of amides is 1. The molecule has 3 heterocycles. The zero-order valence-corrected chi connectivity index (χ0v) is 14.8. The van der Waals surface area contributed by atoms with E-state index >= 15 is 0 Å². The minimum Gasteiger partial charge on any atom is -0.377 e. The van der Waals surface area contributed by atoms with Crippen molar-refractivity contribution in [2.75, 3.05) is 32.8 Å². The average Bonchev–Trinajstić information content (AvgIpc) is 2.68. The zero-order chi connectivity index (χ0) is 17.1. The fourth-order valence-electron chi connectivity index (χ4n) is 4.34. The second-order valence-electron chi connectivity index (χ2n) is 7.55. The number of rotatable bonds is 3. The van der Waals surface area contributed by atoms with E-state index in [0.717, 1.165) is 51.9 Å². The number of piperidine rings is 1. The Morgan fingerprint density at radius 1 is 1.16 bits per heavy atom. The molecular weight excluding hydrogens is 316 g/mol. The molecule has 3 fully saturated rings. The molecule has 3 saturated heterocycles. The van der Waals surface area contributed by atoms with Crippen molar-refractivity contribution < 1.29 is 14.4 Å². The van der Waals surface area contributed by atoms with Gasteiger partial charge in [0.15, 0.2) is 0 Å². The molecule has 0 aliphatic carbocycles. The topological polar surface area (TPSA) is 42.0 Å². The van der Waals surface area contributed by atoms with Gasteiger partial charge < -0.3 is 4.74 Å². The molecule has 0 unspecified atom stereocenters. The van der Waals surface area contributed by atoms with E-state index in [1.54, 1.807) is 5.06 Å². The van der Waals surface area contributed by atoms with Crippen LogP contribution in [0.15, 0.2) is 30.3 Å². The van der Waals surface area contributed by atoms with Crippen LogP contribution in [-0.2, 0) is 20.9 Å². The first-order valence-corrected chi connectivity index (χ1v) is 9.62. The van der Waals surface area contributed by atoms with Gasteiger partial charge in [0.1, 0.15) is 0 Å². The molecule has 136 valence electrons. The van der Waals surface area contributed by atoms with Crippen LogP contribution in [0.3, 0.4) is 0 Å². The van der Waals surface area contributed by atoms with Gasteiger partial charge in [0.05, 0.1) is 25.2 Å². The van der Waals surface area contributed by atoms with Crippen molar-refractivity contribution in [1.82, 2.24) is 9.96 Å². The summed E-state index contributed by atoms with van der Waals surface area (Å²) in [5.74, 6) is 0.527. The summed E-state index contributed by atoms with van der Waals surface area (Å²) < 4.78 is 6.08. The van der Waals surface area contributed by atoms with Crippen LogP contribution >= 0.6 is 0 Å². The Bertz CT molecular complexity index is 574. The number of hydroxylamine groups is 2. The molecule has 5 heteroatoms. The number of benzene rings is 1. The Balaban J connectivity index is 1.34. The molecule has 3 aliphatic heterocycles. The minimum absolute atomic E-state index is 0.0453. The predicted octanol–water partition coefficient (Wildman–Crippen LogP) is 2.47. The number of carbonyl (C=O) groups excluding carboxylic acids is 1. The van der Waals surface area contributed by atoms with E-state index in [-0.39, 0.29) is 11.8 Å². The van der Waals surface area contributed by atoms with Gasteiger partial charge in [-0.3, -0.25) is 14.5 Å². The number of ether oxygens (including phenoxy) is 1. The molecule has 0 N–H and O–H groups in total. The third kappa shape index (κ3) is 4.05. The molecule has 0 bridgehead atoms. The van der Waals surface area contributed by atoms with Crippen LogP contribution in [0.2, 0.25) is 0 Å². The summed E-state index contributed by atoms with van der Waals surface area (Å²) in [5.41, 5.74) is 1.35. The number of likely N-dealkylation sites (tertiary alicyclic amines) is 1. The van der Waals surface area contributed by atoms with Crippen molar-refractivity contribution in [2.24, 2.45) is 11.8 Å². The quantitative estimate of drug-likeness (QED) is 0.845. The van der Waals surface area contributed by atoms with Gasteiger partial charge in [-0.05, 0) is 37.2 Å². The lowest BCUT2D eigenvalue weighted by molar-refractivity contribution is -0.208. The van der Waals surface area contributed by atoms with E-state index < -0.39 is 0 Å². The highest BCUT2D eigenvalue weighted by atomic mass is 16.7. The average molecular weight is 344 g/mol. The normalized spacial score (nSPS) is 30.7. The van der Waals surface area contributed by atoms with Crippen LogP contribution in [0.25, 0.3) is 0 Å². The second kappa shape index (κ2) is 7.85. The number of carbonyl (C=O) groups is 1. The van der Waals surface area contributed by atoms with Gasteiger partial charge >= 0.3 is 0 Å². The molecule has 0 aromatic heterocycles. The molecule has 25 heavy (non-hydrogen) atoms. The van der Waals surface area contributed by atoms with Gasteiger partial charge in [-0.2, -0.15) is 0 Å². The van der Waals surface area contributed by atoms with Gasteiger partial charge in [-0.1, -0.05) is 30.3 Å². The first-order chi connectivity index (χ1) is 12.3. The first kappa shape index (κ1) is 17.0. The molecule has 0 spiro atoms. The van der Waals surface area contributed by atoms with Crippen molar-refractivity contribution in [3.8, 4) is 0 Å². The van der Waals surface area contributed by atoms with E-state index in [1.807, 2.05) is 0 Å². The summed E-state index contributed by atoms with van der Waals surface area (Å²) in [5, 5.41) is 1.59. The summed E-state index contributed by atoms with van der Waals surface area (Å²) in [6, 6.07) is 10.6. The molecule has 1 amide bonds. The van der Waals surface area contributed by atoms with E-state index in [4.69, 9.17) is 9.57 Å². The molecule has 5 nitrogen and oxygen atoms in total. The van der Waals surface area contributed by atoms with Crippen LogP contribution in [0.1, 0.15) is 31.2 Å². The van der Waals surface area contributed by atoms with Crippen LogP contribution in [-0.4, -0.2) is 54.8 Å². The molecule has 1 aromatic rings. The van der Waals surface area contributed by atoms with Crippen LogP contribution in [0.4, 0.5) is 0 Å². The Hall–Kier alpha value is -1.43. The molecule has 3 atom stereocenters. The summed E-state index contributed by atoms with van der Waals surface area (Å²) in [7, 11) is 0. The monoisotopic (exact) mass is 344 g/mol. The Morgan fingerprint density at radius 2 is 2.04 bits per heavy atom. The van der Waals surface area contributed by atoms with Crippen LogP contribution < -0.4 is 0 Å². The second-order valence-corrected chi connectivity index (χ2v) is 7.55. The first-order valence-electron chi connectivity index (χ1n) is 9.62. The molecular formula is C20H28N2O3. The number of nitrogens with zero attached hydrogens (tertiary/aromatic N) is 2. The zero-order valence-electron chi connectivity index (χ0n) is 14.8. The highest BCUT2D eigenvalue weighted by molar-refractivity contribution is 5.78. The van der Waals surface area contributed by atoms with Gasteiger partial charge in [0.2, 0.25) is 0 Å². The molecule has 0 saturated carbocycles.